The molecule has 6 rings (SSSR count). The van der Waals surface area contributed by atoms with Gasteiger partial charge in [0.2, 0.25) is 23.7 Å². The van der Waals surface area contributed by atoms with Crippen LogP contribution in [0.2, 0.25) is 36.3 Å². The van der Waals surface area contributed by atoms with Crippen LogP contribution in [-0.2, 0) is 46.1 Å². The minimum Gasteiger partial charge on any atom is -0.408 e. The van der Waals surface area contributed by atoms with Crippen molar-refractivity contribution in [3.8, 4) is 12.1 Å². The van der Waals surface area contributed by atoms with Gasteiger partial charge in [0.25, 0.3) is 11.1 Å². The van der Waals surface area contributed by atoms with E-state index in [1.54, 1.807) is 20.8 Å². The maximum absolute atomic E-state index is 15.6. The number of rotatable bonds is 31. The number of H-pyrrole nitrogens is 2. The number of carbonyl (C=O) groups is 2. The number of aliphatic hydroxyl groups excluding tert-OH is 1. The van der Waals surface area contributed by atoms with Gasteiger partial charge in [-0.2, -0.15) is 20.5 Å². The summed E-state index contributed by atoms with van der Waals surface area (Å²) in [4.78, 5) is 77.5. The average Bonchev–Trinajstić information content (AvgIpc) is 1.65. The minimum absolute atomic E-state index is 0.00629. The topological polar surface area (TPSA) is 379 Å². The molecule has 6 unspecified atom stereocenters. The van der Waals surface area contributed by atoms with E-state index >= 15 is 4.57 Å². The first kappa shape index (κ1) is 75.3. The molecule has 508 valence electrons. The number of fused-ring (bicyclic) bond motifs is 2. The fraction of sp³-hybridized carbons (Fsp3) is 0.759. The van der Waals surface area contributed by atoms with Crippen LogP contribution in [0.25, 0.3) is 22.3 Å². The van der Waals surface area contributed by atoms with E-state index in [0.29, 0.717) is 19.4 Å². The number of nitrogens with two attached hydrogens (primary N) is 1. The number of anilines is 2. The lowest BCUT2D eigenvalue weighted by Gasteiger charge is -2.46. The summed E-state index contributed by atoms with van der Waals surface area (Å²) in [7, 11) is -11.5. The van der Waals surface area contributed by atoms with E-state index in [2.05, 4.69) is 125 Å². The third-order valence-electron chi connectivity index (χ3n) is 17.3. The summed E-state index contributed by atoms with van der Waals surface area (Å²) < 4.78 is 69.6. The van der Waals surface area contributed by atoms with Gasteiger partial charge >= 0.3 is 7.75 Å². The lowest BCUT2D eigenvalue weighted by atomic mass is 10.0. The lowest BCUT2D eigenvalue weighted by molar-refractivity contribution is -0.120. The summed E-state index contributed by atoms with van der Waals surface area (Å²) in [5, 5.41) is 38.0. The Balaban J connectivity index is 1.31. The van der Waals surface area contributed by atoms with Crippen LogP contribution in [-0.4, -0.2) is 169 Å². The molecule has 2 aliphatic rings. The highest BCUT2D eigenvalue weighted by atomic mass is 31.2. The fourth-order valence-electron chi connectivity index (χ4n) is 10.3. The Morgan fingerprint density at radius 1 is 0.747 bits per heavy atom. The second-order valence-electron chi connectivity index (χ2n) is 27.7. The Kier molecular flexibility index (Phi) is 25.4. The van der Waals surface area contributed by atoms with Crippen molar-refractivity contribution in [3.63, 3.8) is 0 Å². The molecule has 4 aromatic heterocycles. The van der Waals surface area contributed by atoms with Gasteiger partial charge in [0.05, 0.1) is 76.1 Å². The number of ether oxygens (including phenoxy) is 2. The predicted octanol–water partition coefficient (Wildman–Crippen LogP) is 8.49. The number of aliphatic hydroxyl groups is 1. The van der Waals surface area contributed by atoms with E-state index in [1.165, 1.54) is 21.8 Å². The van der Waals surface area contributed by atoms with E-state index in [9.17, 15) is 34.8 Å². The van der Waals surface area contributed by atoms with Crippen molar-refractivity contribution in [1.29, 1.82) is 10.5 Å². The van der Waals surface area contributed by atoms with Gasteiger partial charge in [-0.25, -0.2) is 29.0 Å². The summed E-state index contributed by atoms with van der Waals surface area (Å²) in [5.41, 5.74) is 5.76. The maximum atomic E-state index is 15.6. The van der Waals surface area contributed by atoms with Gasteiger partial charge in [-0.3, -0.25) is 58.0 Å². The number of imidazole rings is 2. The van der Waals surface area contributed by atoms with Gasteiger partial charge in [-0.05, 0) is 97.6 Å². The number of nitriles is 2. The van der Waals surface area contributed by atoms with Crippen molar-refractivity contribution in [2.75, 3.05) is 37.1 Å². The molecule has 12 atom stereocenters. The molecular weight excluding hydrogens is 1250 g/mol. The average molecular weight is 1350 g/mol. The summed E-state index contributed by atoms with van der Waals surface area (Å²) in [6.07, 6.45) is -2.77. The number of aromatic amines is 2. The highest BCUT2D eigenvalue weighted by molar-refractivity contribution is 7.51. The van der Waals surface area contributed by atoms with Gasteiger partial charge < -0.3 is 33.7 Å². The zero-order chi connectivity index (χ0) is 68.0. The quantitative estimate of drug-likeness (QED) is 0.0141. The number of hydrogen-bond donors (Lipinski definition) is 7. The highest BCUT2D eigenvalue weighted by Crippen LogP contribution is 2.53. The van der Waals surface area contributed by atoms with Crippen molar-refractivity contribution in [2.45, 2.75) is 246 Å². The molecule has 2 saturated heterocycles. The molecule has 6 heterocycles. The molecular formula is C58H100N16O13P2Si2. The molecule has 0 aromatic carbocycles. The first-order chi connectivity index (χ1) is 42.3. The summed E-state index contributed by atoms with van der Waals surface area (Å²) in [6, 6.07) is 2.39. The molecule has 2 aliphatic heterocycles. The molecule has 91 heavy (non-hydrogen) atoms. The maximum Gasteiger partial charge on any atom is 0.406 e. The third-order valence-corrected chi connectivity index (χ3v) is 30.9. The molecule has 8 N–H and O–H groups in total. The molecule has 4 aromatic rings. The number of hydrogen-bond acceptors (Lipinski definition) is 22. The van der Waals surface area contributed by atoms with E-state index < -0.39 is 129 Å². The van der Waals surface area contributed by atoms with Crippen LogP contribution in [0.1, 0.15) is 149 Å². The molecule has 2 fully saturated rings. The smallest absolute Gasteiger partial charge is 0.406 e. The van der Waals surface area contributed by atoms with Crippen LogP contribution in [0.5, 0.6) is 0 Å². The second-order valence-corrected chi connectivity index (χ2v) is 40.7. The number of nitrogens with one attached hydrogen (secondary N) is 5. The van der Waals surface area contributed by atoms with Crippen molar-refractivity contribution in [1.82, 2.24) is 53.5 Å². The van der Waals surface area contributed by atoms with Crippen molar-refractivity contribution >= 4 is 78.9 Å². The van der Waals surface area contributed by atoms with Gasteiger partial charge in [0.15, 0.2) is 59.9 Å². The predicted molar refractivity (Wildman–Crippen MR) is 352 cm³/mol. The van der Waals surface area contributed by atoms with Crippen LogP contribution in [0, 0.1) is 34.5 Å². The fourth-order valence-corrected chi connectivity index (χ4v) is 16.8. The molecule has 0 radical (unpaired) electrons. The summed E-state index contributed by atoms with van der Waals surface area (Å²) >= 11 is 0. The SMILES string of the molecule is CC(C)C(=O)Nc1nc2c(ncn2[C@@H]2O[C@H](COP(=O)(N[C@H]3C(O[Si](C)(C)C(C)(C)C)[C@H](n4cnc5c(=O)[nH]c(NC(=O)C(C)CCC(C)N(C(C)C)P(OCCC#N)N(C(C)C)C(C)C)nc54)O[C@@H]3CO)OCCC#N)[C@@H](N)C2O[Si](C)(C)C(C)(C)C)c(=O)[nH]1. The van der Waals surface area contributed by atoms with Gasteiger partial charge in [-0.15, -0.1) is 0 Å². The van der Waals surface area contributed by atoms with Crippen molar-refractivity contribution in [3.05, 3.63) is 33.4 Å². The van der Waals surface area contributed by atoms with Crippen LogP contribution in [0.3, 0.4) is 0 Å². The lowest BCUT2D eigenvalue weighted by Crippen LogP contribution is -2.53. The standard InChI is InChI=1S/C58H100N16O13P2Si2/c1-33(2)49(76)66-55-64-47-43(51(78)68-55)62-31-71(47)53-45(86-90(17,18)57(11,12)13)41(61)40(85-53)30-83-89(80,82-28-22-26-60)70-42-39(29-75)84-54(46(42)87-91(19,20)58(14,15)16)72-32-63-44-48(72)65-56(69-52(44)79)67-50(77)37(9)23-24-38(10)74(36(7)8)88(81-27-21-25-59)73(34(3)4)35(5)6/h31-42,45-46,53-54,75H,21-24,27-30,61H2,1-20H3,(H,70,80)(H2,64,66,68,76,78)(H2,65,67,69,77,79)/t37?,38?,39-,40-,41-,42-,45?,46?,53-,54-,88?,89?/m1/s1. The zero-order valence-electron chi connectivity index (χ0n) is 56.7. The second kappa shape index (κ2) is 30.8. The van der Waals surface area contributed by atoms with Gasteiger partial charge in [0, 0.05) is 36.0 Å². The number of carbonyl (C=O) groups excluding carboxylic acids is 2. The van der Waals surface area contributed by atoms with E-state index in [-0.39, 0.29) is 88.8 Å². The van der Waals surface area contributed by atoms with Crippen LogP contribution >= 0.6 is 16.2 Å². The largest absolute Gasteiger partial charge is 0.408 e. The first-order valence-electron chi connectivity index (χ1n) is 31.3. The summed E-state index contributed by atoms with van der Waals surface area (Å²) in [6.45, 7) is 39.2. The molecule has 29 nitrogen and oxygen atoms in total. The van der Waals surface area contributed by atoms with Crippen LogP contribution in [0.15, 0.2) is 22.2 Å². The van der Waals surface area contributed by atoms with E-state index in [4.69, 9.17) is 42.6 Å². The van der Waals surface area contributed by atoms with Crippen molar-refractivity contribution in [2.24, 2.45) is 17.6 Å². The number of amides is 2. The van der Waals surface area contributed by atoms with E-state index in [1.807, 2.05) is 53.0 Å². The minimum atomic E-state index is -4.66. The number of nitrogens with zero attached hydrogens (tertiary/aromatic N) is 10. The molecule has 0 spiro atoms. The summed E-state index contributed by atoms with van der Waals surface area (Å²) in [5.74, 6) is -2.01. The molecule has 0 bridgehead atoms. The highest BCUT2D eigenvalue weighted by Gasteiger charge is 2.55. The third kappa shape index (κ3) is 17.8. The van der Waals surface area contributed by atoms with Crippen LogP contribution < -0.4 is 32.6 Å². The Bertz CT molecular complexity index is 3380. The van der Waals surface area contributed by atoms with Crippen LogP contribution in [0.4, 0.5) is 11.9 Å². The monoisotopic (exact) mass is 1350 g/mol. The normalized spacial score (nSPS) is 22.8. The Hall–Kier alpha value is -4.77. The first-order valence-corrected chi connectivity index (χ1v) is 39.8. The Morgan fingerprint density at radius 2 is 1.22 bits per heavy atom. The zero-order valence-corrected chi connectivity index (χ0v) is 60.5. The molecule has 33 heteroatoms. The molecule has 0 saturated carbocycles. The van der Waals surface area contributed by atoms with Gasteiger partial charge in [0.1, 0.15) is 24.4 Å². The van der Waals surface area contributed by atoms with E-state index in [0.717, 1.165) is 0 Å². The number of aromatic nitrogens is 8. The van der Waals surface area contributed by atoms with Crippen molar-refractivity contribution < 1.29 is 51.2 Å². The Morgan fingerprint density at radius 3 is 1.69 bits per heavy atom. The molecule has 0 aliphatic carbocycles. The van der Waals surface area contributed by atoms with Gasteiger partial charge in [-0.1, -0.05) is 62.3 Å². The molecule has 2 amide bonds. The Labute approximate surface area is 537 Å².